The zero-order chi connectivity index (χ0) is 9.47. The van der Waals surface area contributed by atoms with Gasteiger partial charge in [-0.25, -0.2) is 0 Å². The second kappa shape index (κ2) is 3.08. The minimum atomic E-state index is 0.205. The number of rotatable bonds is 3. The van der Waals surface area contributed by atoms with Crippen molar-refractivity contribution in [2.24, 2.45) is 0 Å². The minimum absolute atomic E-state index is 0.205. The largest absolute Gasteiger partial charge is 0.338 e. The van der Waals surface area contributed by atoms with E-state index in [1.165, 1.54) is 12.8 Å². The molecule has 0 saturated heterocycles. The maximum Gasteiger partial charge on any atom is 0.240 e. The average Bonchev–Trinajstić information content (AvgIpc) is 2.72. The van der Waals surface area contributed by atoms with Crippen LogP contribution in [-0.2, 0) is 5.41 Å². The van der Waals surface area contributed by atoms with E-state index in [9.17, 15) is 0 Å². The molecule has 1 aliphatic carbocycles. The van der Waals surface area contributed by atoms with Gasteiger partial charge in [0.1, 0.15) is 0 Å². The molecule has 0 spiro atoms. The van der Waals surface area contributed by atoms with Crippen LogP contribution in [0.15, 0.2) is 4.52 Å². The van der Waals surface area contributed by atoms with Gasteiger partial charge >= 0.3 is 0 Å². The van der Waals surface area contributed by atoms with E-state index < -0.39 is 0 Å². The molecule has 2 rings (SSSR count). The standard InChI is InChI=1S/C9H13BrN2O/c1-3-6(10)7-11-8(12-13-7)9(2)4-5-9/h6H,3-5H2,1-2H3. The Kier molecular flexibility index (Phi) is 2.18. The molecule has 1 heterocycles. The van der Waals surface area contributed by atoms with Crippen molar-refractivity contribution >= 4 is 15.9 Å². The van der Waals surface area contributed by atoms with E-state index in [1.807, 2.05) is 0 Å². The Balaban J connectivity index is 2.18. The van der Waals surface area contributed by atoms with Crippen LogP contribution in [0.2, 0.25) is 0 Å². The van der Waals surface area contributed by atoms with Crippen LogP contribution < -0.4 is 0 Å². The van der Waals surface area contributed by atoms with Gasteiger partial charge in [-0.3, -0.25) is 0 Å². The first-order valence-corrected chi connectivity index (χ1v) is 5.55. The lowest BCUT2D eigenvalue weighted by atomic mass is 10.1. The van der Waals surface area contributed by atoms with Gasteiger partial charge in [-0.05, 0) is 19.3 Å². The molecule has 4 heteroatoms. The number of nitrogens with zero attached hydrogens (tertiary/aromatic N) is 2. The van der Waals surface area contributed by atoms with E-state index in [-0.39, 0.29) is 10.2 Å². The normalized spacial score (nSPS) is 21.5. The fraction of sp³-hybridized carbons (Fsp3) is 0.778. The highest BCUT2D eigenvalue weighted by molar-refractivity contribution is 9.09. The molecule has 0 aromatic carbocycles. The summed E-state index contributed by atoms with van der Waals surface area (Å²) >= 11 is 3.49. The van der Waals surface area contributed by atoms with Gasteiger partial charge in [0.05, 0.1) is 4.83 Å². The molecule has 1 saturated carbocycles. The Morgan fingerprint density at radius 2 is 2.31 bits per heavy atom. The van der Waals surface area contributed by atoms with Crippen molar-refractivity contribution in [1.82, 2.24) is 10.1 Å². The maximum absolute atomic E-state index is 5.18. The van der Waals surface area contributed by atoms with E-state index in [4.69, 9.17) is 4.52 Å². The molecule has 1 aliphatic rings. The molecule has 0 aliphatic heterocycles. The van der Waals surface area contributed by atoms with Crippen LogP contribution in [-0.4, -0.2) is 10.1 Å². The Bertz CT molecular complexity index is 306. The van der Waals surface area contributed by atoms with Crippen molar-refractivity contribution in [2.75, 3.05) is 0 Å². The molecule has 1 atom stereocenters. The molecule has 0 bridgehead atoms. The SMILES string of the molecule is CCC(Br)c1nc(C2(C)CC2)no1. The van der Waals surface area contributed by atoms with Crippen LogP contribution in [0.4, 0.5) is 0 Å². The van der Waals surface area contributed by atoms with Crippen molar-refractivity contribution in [1.29, 1.82) is 0 Å². The monoisotopic (exact) mass is 244 g/mol. The van der Waals surface area contributed by atoms with E-state index in [2.05, 4.69) is 39.9 Å². The van der Waals surface area contributed by atoms with Crippen molar-refractivity contribution in [3.63, 3.8) is 0 Å². The predicted octanol–water partition coefficient (Wildman–Crippen LogP) is 2.97. The van der Waals surface area contributed by atoms with Gasteiger partial charge in [-0.15, -0.1) is 0 Å². The summed E-state index contributed by atoms with van der Waals surface area (Å²) in [6.45, 7) is 4.26. The first-order chi connectivity index (χ1) is 6.15. The van der Waals surface area contributed by atoms with Gasteiger partial charge in [-0.2, -0.15) is 4.98 Å². The summed E-state index contributed by atoms with van der Waals surface area (Å²) in [5.74, 6) is 1.59. The molecule has 3 nitrogen and oxygen atoms in total. The van der Waals surface area contributed by atoms with Crippen LogP contribution in [0.5, 0.6) is 0 Å². The second-order valence-corrected chi connectivity index (χ2v) is 5.00. The van der Waals surface area contributed by atoms with Gasteiger partial charge in [0.25, 0.3) is 0 Å². The molecule has 0 N–H and O–H groups in total. The zero-order valence-corrected chi connectivity index (χ0v) is 9.47. The molecule has 0 amide bonds. The summed E-state index contributed by atoms with van der Waals surface area (Å²) in [6.07, 6.45) is 3.34. The molecule has 1 unspecified atom stereocenters. The van der Waals surface area contributed by atoms with Gasteiger partial charge < -0.3 is 4.52 Å². The number of hydrogen-bond acceptors (Lipinski definition) is 3. The highest BCUT2D eigenvalue weighted by Gasteiger charge is 2.43. The molecule has 1 aromatic rings. The molecule has 1 fully saturated rings. The fourth-order valence-corrected chi connectivity index (χ4v) is 1.38. The minimum Gasteiger partial charge on any atom is -0.338 e. The van der Waals surface area contributed by atoms with E-state index >= 15 is 0 Å². The van der Waals surface area contributed by atoms with Gasteiger partial charge in [0.15, 0.2) is 5.82 Å². The third-order valence-corrected chi connectivity index (χ3v) is 3.65. The molecule has 0 radical (unpaired) electrons. The smallest absolute Gasteiger partial charge is 0.240 e. The number of aromatic nitrogens is 2. The third kappa shape index (κ3) is 1.64. The zero-order valence-electron chi connectivity index (χ0n) is 7.88. The lowest BCUT2D eigenvalue weighted by Crippen LogP contribution is -2.02. The van der Waals surface area contributed by atoms with Gasteiger partial charge in [-0.1, -0.05) is 34.9 Å². The molecule has 72 valence electrons. The average molecular weight is 245 g/mol. The van der Waals surface area contributed by atoms with Gasteiger partial charge in [0.2, 0.25) is 5.89 Å². The number of halogens is 1. The van der Waals surface area contributed by atoms with Crippen LogP contribution in [0.25, 0.3) is 0 Å². The molecule has 1 aromatic heterocycles. The van der Waals surface area contributed by atoms with E-state index in [0.29, 0.717) is 5.89 Å². The lowest BCUT2D eigenvalue weighted by molar-refractivity contribution is 0.367. The Morgan fingerprint density at radius 1 is 1.62 bits per heavy atom. The fourth-order valence-electron chi connectivity index (χ4n) is 1.19. The summed E-state index contributed by atoms with van der Waals surface area (Å²) < 4.78 is 5.18. The summed E-state index contributed by atoms with van der Waals surface area (Å²) in [5.41, 5.74) is 0.211. The van der Waals surface area contributed by atoms with E-state index in [0.717, 1.165) is 12.2 Å². The summed E-state index contributed by atoms with van der Waals surface area (Å²) in [6, 6.07) is 0. The predicted molar refractivity (Wildman–Crippen MR) is 52.8 cm³/mol. The quantitative estimate of drug-likeness (QED) is 0.768. The van der Waals surface area contributed by atoms with Crippen LogP contribution in [0.1, 0.15) is 49.7 Å². The lowest BCUT2D eigenvalue weighted by Gasteiger charge is -1.99. The first-order valence-electron chi connectivity index (χ1n) is 4.64. The number of hydrogen-bond donors (Lipinski definition) is 0. The van der Waals surface area contributed by atoms with Crippen LogP contribution in [0, 0.1) is 0 Å². The molecular weight excluding hydrogens is 232 g/mol. The summed E-state index contributed by atoms with van der Waals surface area (Å²) in [4.78, 5) is 4.59. The highest BCUT2D eigenvalue weighted by atomic mass is 79.9. The third-order valence-electron chi connectivity index (χ3n) is 2.61. The van der Waals surface area contributed by atoms with Crippen molar-refractivity contribution in [3.05, 3.63) is 11.7 Å². The maximum atomic E-state index is 5.18. The van der Waals surface area contributed by atoms with Crippen molar-refractivity contribution in [2.45, 2.75) is 43.4 Å². The van der Waals surface area contributed by atoms with Crippen LogP contribution >= 0.6 is 15.9 Å². The Morgan fingerprint density at radius 3 is 2.85 bits per heavy atom. The highest BCUT2D eigenvalue weighted by Crippen LogP contribution is 2.46. The number of alkyl halides is 1. The van der Waals surface area contributed by atoms with Crippen molar-refractivity contribution < 1.29 is 4.52 Å². The second-order valence-electron chi connectivity index (χ2n) is 3.89. The Hall–Kier alpha value is -0.380. The Labute approximate surface area is 86.0 Å². The molecular formula is C9H13BrN2O. The molecule has 13 heavy (non-hydrogen) atoms. The van der Waals surface area contributed by atoms with Crippen LogP contribution in [0.3, 0.4) is 0 Å². The summed E-state index contributed by atoms with van der Waals surface area (Å²) in [5, 5.41) is 4.00. The first kappa shape index (κ1) is 9.19. The van der Waals surface area contributed by atoms with Crippen molar-refractivity contribution in [3.8, 4) is 0 Å². The van der Waals surface area contributed by atoms with E-state index in [1.54, 1.807) is 0 Å². The topological polar surface area (TPSA) is 38.9 Å². The summed E-state index contributed by atoms with van der Waals surface area (Å²) in [7, 11) is 0. The van der Waals surface area contributed by atoms with Gasteiger partial charge in [0, 0.05) is 5.41 Å².